The van der Waals surface area contributed by atoms with Crippen molar-refractivity contribution in [2.24, 2.45) is 5.73 Å². The lowest BCUT2D eigenvalue weighted by atomic mass is 10.1. The summed E-state index contributed by atoms with van der Waals surface area (Å²) in [7, 11) is -1.08. The number of anilines is 1. The minimum absolute atomic E-state index is 0.0176. The van der Waals surface area contributed by atoms with E-state index in [-0.39, 0.29) is 6.04 Å². The van der Waals surface area contributed by atoms with Gasteiger partial charge in [-0.1, -0.05) is 19.6 Å². The molecule has 7 heteroatoms. The summed E-state index contributed by atoms with van der Waals surface area (Å²) in [6.45, 7) is 11.2. The number of rotatable bonds is 9. The van der Waals surface area contributed by atoms with Crippen LogP contribution in [0.5, 0.6) is 0 Å². The van der Waals surface area contributed by atoms with Crippen LogP contribution in [-0.4, -0.2) is 37.1 Å². The monoisotopic (exact) mass is 350 g/mol. The molecule has 0 unspecified atom stereocenters. The fourth-order valence-corrected chi connectivity index (χ4v) is 3.14. The highest BCUT2D eigenvalue weighted by Gasteiger charge is 2.13. The molecule has 0 amide bonds. The third kappa shape index (κ3) is 5.59. The van der Waals surface area contributed by atoms with Crippen molar-refractivity contribution in [2.45, 2.75) is 52.0 Å². The first-order chi connectivity index (χ1) is 11.3. The summed E-state index contributed by atoms with van der Waals surface area (Å²) in [5.74, 6) is 0. The number of fused-ring (bicyclic) bond motifs is 1. The van der Waals surface area contributed by atoms with Gasteiger partial charge >= 0.3 is 0 Å². The Labute approximate surface area is 145 Å². The van der Waals surface area contributed by atoms with Crippen LogP contribution in [0, 0.1) is 0 Å². The first-order valence-corrected chi connectivity index (χ1v) is 12.1. The van der Waals surface area contributed by atoms with E-state index in [9.17, 15) is 0 Å². The van der Waals surface area contributed by atoms with E-state index in [0.29, 0.717) is 25.6 Å². The summed E-state index contributed by atoms with van der Waals surface area (Å²) in [5, 5.41) is 5.49. The number of hydrogen-bond acceptors (Lipinski definition) is 5. The molecule has 1 atom stereocenters. The van der Waals surface area contributed by atoms with E-state index in [1.807, 2.05) is 29.9 Å². The predicted molar refractivity (Wildman–Crippen MR) is 102 cm³/mol. The largest absolute Gasteiger partial charge is 0.399 e. The second-order valence-corrected chi connectivity index (χ2v) is 13.2. The van der Waals surface area contributed by atoms with Gasteiger partial charge in [0.25, 0.3) is 0 Å². The highest BCUT2D eigenvalue weighted by Crippen LogP contribution is 2.23. The molecule has 0 saturated heterocycles. The van der Waals surface area contributed by atoms with E-state index < -0.39 is 8.07 Å². The Balaban J connectivity index is 2.06. The van der Waals surface area contributed by atoms with Gasteiger partial charge < -0.3 is 20.9 Å². The Bertz CT molecular complexity index is 664. The number of nitrogens with zero attached hydrogens (tertiary/aromatic N) is 2. The third-order valence-electron chi connectivity index (χ3n) is 3.72. The number of nitrogen functional groups attached to an aromatic ring is 1. The van der Waals surface area contributed by atoms with E-state index in [1.54, 1.807) is 0 Å². The highest BCUT2D eigenvalue weighted by atomic mass is 28.3. The summed E-state index contributed by atoms with van der Waals surface area (Å²) in [6, 6.07) is 5.02. The van der Waals surface area contributed by atoms with E-state index >= 15 is 0 Å². The second kappa shape index (κ2) is 8.11. The van der Waals surface area contributed by atoms with Crippen molar-refractivity contribution in [1.82, 2.24) is 9.78 Å². The summed E-state index contributed by atoms with van der Waals surface area (Å²) >= 11 is 0. The predicted octanol–water partition coefficient (Wildman–Crippen LogP) is 2.79. The average molecular weight is 351 g/mol. The van der Waals surface area contributed by atoms with Gasteiger partial charge in [0, 0.05) is 31.8 Å². The number of hydrogen-bond donors (Lipinski definition) is 2. The van der Waals surface area contributed by atoms with Crippen molar-refractivity contribution in [3.63, 3.8) is 0 Å². The molecule has 6 nitrogen and oxygen atoms in total. The molecule has 0 bridgehead atoms. The number of nitrogens with two attached hydrogens (primary N) is 2. The molecular formula is C17H30N4O2Si. The molecule has 0 spiro atoms. The fraction of sp³-hybridized carbons (Fsp3) is 0.588. The fourth-order valence-electron chi connectivity index (χ4n) is 2.38. The van der Waals surface area contributed by atoms with Crippen LogP contribution in [0.2, 0.25) is 25.7 Å². The molecule has 0 saturated carbocycles. The molecule has 0 aliphatic heterocycles. The second-order valence-electron chi connectivity index (χ2n) is 7.60. The average Bonchev–Trinajstić information content (AvgIpc) is 2.85. The van der Waals surface area contributed by atoms with Crippen LogP contribution in [0.1, 0.15) is 12.5 Å². The van der Waals surface area contributed by atoms with Crippen molar-refractivity contribution in [1.29, 1.82) is 0 Å². The zero-order chi connectivity index (χ0) is 17.7. The van der Waals surface area contributed by atoms with Crippen molar-refractivity contribution in [2.75, 3.05) is 18.9 Å². The van der Waals surface area contributed by atoms with Crippen LogP contribution in [0.3, 0.4) is 0 Å². The molecule has 2 rings (SSSR count). The van der Waals surface area contributed by atoms with E-state index in [4.69, 9.17) is 20.9 Å². The summed E-state index contributed by atoms with van der Waals surface area (Å²) in [5.41, 5.74) is 14.5. The molecule has 1 aromatic carbocycles. The Hall–Kier alpha value is -1.41. The van der Waals surface area contributed by atoms with Crippen LogP contribution in [0.4, 0.5) is 5.69 Å². The molecular weight excluding hydrogens is 320 g/mol. The molecule has 0 aliphatic rings. The van der Waals surface area contributed by atoms with Gasteiger partial charge in [-0.15, -0.1) is 0 Å². The highest BCUT2D eigenvalue weighted by molar-refractivity contribution is 6.76. The zero-order valence-corrected chi connectivity index (χ0v) is 16.2. The van der Waals surface area contributed by atoms with E-state index in [1.165, 1.54) is 0 Å². The normalized spacial score (nSPS) is 13.5. The lowest BCUT2D eigenvalue weighted by molar-refractivity contribution is 0.0817. The standard InChI is InChI=1S/C17H30N4O2Si/c1-13(18)10-23-11-14-7-15(19)8-17-16(14)9-20-21(17)12-22-5-6-24(2,3)4/h7-9,13H,5-6,10-12,18-19H2,1-4H3/t13-/m1/s1. The van der Waals surface area contributed by atoms with E-state index in [0.717, 1.165) is 29.1 Å². The Morgan fingerprint density at radius 3 is 2.67 bits per heavy atom. The van der Waals surface area contributed by atoms with Crippen LogP contribution >= 0.6 is 0 Å². The minimum Gasteiger partial charge on any atom is -0.399 e. The van der Waals surface area contributed by atoms with Gasteiger partial charge in [0.15, 0.2) is 0 Å². The lowest BCUT2D eigenvalue weighted by Gasteiger charge is -2.15. The van der Waals surface area contributed by atoms with Gasteiger partial charge in [0.2, 0.25) is 0 Å². The van der Waals surface area contributed by atoms with Gasteiger partial charge in [-0.25, -0.2) is 4.68 Å². The first kappa shape index (κ1) is 18.9. The third-order valence-corrected chi connectivity index (χ3v) is 5.42. The molecule has 24 heavy (non-hydrogen) atoms. The maximum atomic E-state index is 6.04. The Morgan fingerprint density at radius 2 is 2.00 bits per heavy atom. The van der Waals surface area contributed by atoms with Crippen molar-refractivity contribution in [3.8, 4) is 0 Å². The summed E-state index contributed by atoms with van der Waals surface area (Å²) < 4.78 is 13.3. The number of aromatic nitrogens is 2. The minimum atomic E-state index is -1.08. The zero-order valence-electron chi connectivity index (χ0n) is 15.2. The molecule has 4 N–H and O–H groups in total. The lowest BCUT2D eigenvalue weighted by Crippen LogP contribution is -2.22. The maximum absolute atomic E-state index is 6.04. The van der Waals surface area contributed by atoms with Crippen molar-refractivity contribution >= 4 is 24.7 Å². The summed E-state index contributed by atoms with van der Waals surface area (Å²) in [6.07, 6.45) is 1.85. The molecule has 0 radical (unpaired) electrons. The maximum Gasteiger partial charge on any atom is 0.139 e. The van der Waals surface area contributed by atoms with Gasteiger partial charge in [-0.3, -0.25) is 0 Å². The smallest absolute Gasteiger partial charge is 0.139 e. The van der Waals surface area contributed by atoms with Crippen LogP contribution in [0.25, 0.3) is 10.9 Å². The molecule has 1 aromatic heterocycles. The number of ether oxygens (including phenoxy) is 2. The molecule has 0 fully saturated rings. The topological polar surface area (TPSA) is 88.3 Å². The quantitative estimate of drug-likeness (QED) is 0.412. The van der Waals surface area contributed by atoms with Crippen molar-refractivity contribution in [3.05, 3.63) is 23.9 Å². The van der Waals surface area contributed by atoms with E-state index in [2.05, 4.69) is 24.7 Å². The molecule has 0 aliphatic carbocycles. The Kier molecular flexibility index (Phi) is 6.39. The van der Waals surface area contributed by atoms with Gasteiger partial charge in [-0.05, 0) is 30.7 Å². The molecule has 2 aromatic rings. The van der Waals surface area contributed by atoms with Crippen LogP contribution < -0.4 is 11.5 Å². The first-order valence-electron chi connectivity index (χ1n) is 8.41. The van der Waals surface area contributed by atoms with Gasteiger partial charge in [0.1, 0.15) is 6.73 Å². The Morgan fingerprint density at radius 1 is 1.25 bits per heavy atom. The van der Waals surface area contributed by atoms with Gasteiger partial charge in [0.05, 0.1) is 24.9 Å². The van der Waals surface area contributed by atoms with Crippen LogP contribution in [0.15, 0.2) is 18.3 Å². The van der Waals surface area contributed by atoms with Crippen LogP contribution in [-0.2, 0) is 22.8 Å². The summed E-state index contributed by atoms with van der Waals surface area (Å²) in [4.78, 5) is 0. The van der Waals surface area contributed by atoms with Crippen molar-refractivity contribution < 1.29 is 9.47 Å². The number of benzene rings is 1. The molecule has 134 valence electrons. The molecule has 1 heterocycles. The SMILES string of the molecule is C[C@@H](N)COCc1cc(N)cc2c1cnn2COCC[Si](C)(C)C. The van der Waals surface area contributed by atoms with Gasteiger partial charge in [-0.2, -0.15) is 5.10 Å².